The second kappa shape index (κ2) is 8.26. The molecule has 0 fully saturated rings. The van der Waals surface area contributed by atoms with E-state index in [9.17, 15) is 4.79 Å². The number of nitrogens with zero attached hydrogens (tertiary/aromatic N) is 1. The predicted molar refractivity (Wildman–Crippen MR) is 75.0 cm³/mol. The fourth-order valence-corrected chi connectivity index (χ4v) is 1.77. The molecule has 0 saturated carbocycles. The second-order valence-corrected chi connectivity index (χ2v) is 4.43. The average molecular weight is 256 g/mol. The Kier molecular flexibility index (Phi) is 7.85. The van der Waals surface area contributed by atoms with Crippen molar-refractivity contribution in [3.05, 3.63) is 35.9 Å². The molecule has 0 amide bonds. The molecule has 0 heterocycles. The predicted octanol–water partition coefficient (Wildman–Crippen LogP) is 3.27. The normalized spacial score (nSPS) is 12.0. The van der Waals surface area contributed by atoms with Crippen LogP contribution >= 0.6 is 12.4 Å². The lowest BCUT2D eigenvalue weighted by Crippen LogP contribution is -2.21. The first-order valence-electron chi connectivity index (χ1n) is 5.89. The molecule has 1 aromatic carbocycles. The van der Waals surface area contributed by atoms with Gasteiger partial charge in [0, 0.05) is 11.5 Å². The Balaban J connectivity index is 0.00000256. The zero-order valence-corrected chi connectivity index (χ0v) is 11.7. The number of hydrogen-bond acceptors (Lipinski definition) is 2. The van der Waals surface area contributed by atoms with Crippen molar-refractivity contribution < 1.29 is 4.79 Å². The first-order chi connectivity index (χ1) is 7.65. The fourth-order valence-electron chi connectivity index (χ4n) is 1.77. The maximum absolute atomic E-state index is 12.2. The zero-order valence-electron chi connectivity index (χ0n) is 10.8. The average Bonchev–Trinajstić information content (AvgIpc) is 2.30. The molecule has 0 spiro atoms. The number of halogens is 1. The number of rotatable bonds is 6. The van der Waals surface area contributed by atoms with Crippen LogP contribution in [0.2, 0.25) is 0 Å². The summed E-state index contributed by atoms with van der Waals surface area (Å²) in [5.74, 6) is 0.440. The van der Waals surface area contributed by atoms with Gasteiger partial charge in [0.1, 0.15) is 0 Å². The molecule has 0 aliphatic rings. The van der Waals surface area contributed by atoms with Crippen molar-refractivity contribution in [3.8, 4) is 0 Å². The molecule has 1 atom stereocenters. The van der Waals surface area contributed by atoms with Crippen LogP contribution in [0, 0.1) is 5.92 Å². The number of carbonyl (C=O) groups excluding carboxylic acids is 1. The van der Waals surface area contributed by atoms with Crippen LogP contribution in [0.3, 0.4) is 0 Å². The van der Waals surface area contributed by atoms with E-state index in [1.165, 1.54) is 0 Å². The van der Waals surface area contributed by atoms with Gasteiger partial charge in [-0.05, 0) is 33.5 Å². The van der Waals surface area contributed by atoms with Gasteiger partial charge in [-0.1, -0.05) is 37.3 Å². The molecular formula is C14H22ClNO. The highest BCUT2D eigenvalue weighted by Gasteiger charge is 2.17. The third kappa shape index (κ3) is 5.33. The summed E-state index contributed by atoms with van der Waals surface area (Å²) in [6, 6.07) is 9.59. The smallest absolute Gasteiger partial charge is 0.165 e. The van der Waals surface area contributed by atoms with Crippen molar-refractivity contribution in [3.63, 3.8) is 0 Å². The summed E-state index contributed by atoms with van der Waals surface area (Å²) < 4.78 is 0. The maximum Gasteiger partial charge on any atom is 0.165 e. The minimum absolute atomic E-state index is 0. The first kappa shape index (κ1) is 16.1. The van der Waals surface area contributed by atoms with E-state index in [1.54, 1.807) is 0 Å². The van der Waals surface area contributed by atoms with Gasteiger partial charge in [-0.2, -0.15) is 0 Å². The Labute approximate surface area is 110 Å². The zero-order chi connectivity index (χ0) is 12.0. The van der Waals surface area contributed by atoms with Gasteiger partial charge in [0.2, 0.25) is 0 Å². The van der Waals surface area contributed by atoms with E-state index in [0.717, 1.165) is 24.9 Å². The quantitative estimate of drug-likeness (QED) is 0.728. The van der Waals surface area contributed by atoms with Crippen molar-refractivity contribution in [2.24, 2.45) is 5.92 Å². The molecule has 0 aliphatic heterocycles. The molecule has 0 N–H and O–H groups in total. The standard InChI is InChI=1S/C14H21NO.ClH/c1-4-12(10-11-15(2)3)14(16)13-8-6-5-7-9-13;/h5-9,12H,4,10-11H2,1-3H3;1H. The highest BCUT2D eigenvalue weighted by atomic mass is 35.5. The van der Waals surface area contributed by atoms with Crippen molar-refractivity contribution >= 4 is 18.2 Å². The summed E-state index contributed by atoms with van der Waals surface area (Å²) in [4.78, 5) is 14.3. The van der Waals surface area contributed by atoms with Crippen LogP contribution < -0.4 is 0 Å². The molecule has 1 rings (SSSR count). The molecule has 1 aromatic rings. The minimum atomic E-state index is 0. The van der Waals surface area contributed by atoms with E-state index in [1.807, 2.05) is 44.4 Å². The number of carbonyl (C=O) groups is 1. The number of hydrogen-bond donors (Lipinski definition) is 0. The summed E-state index contributed by atoms with van der Waals surface area (Å²) in [7, 11) is 4.08. The lowest BCUT2D eigenvalue weighted by atomic mass is 9.92. The molecule has 0 bridgehead atoms. The molecule has 3 heteroatoms. The third-order valence-electron chi connectivity index (χ3n) is 2.85. The molecule has 96 valence electrons. The number of ketones is 1. The summed E-state index contributed by atoms with van der Waals surface area (Å²) in [5.41, 5.74) is 0.841. The highest BCUT2D eigenvalue weighted by molar-refractivity contribution is 5.97. The van der Waals surface area contributed by atoms with Crippen molar-refractivity contribution in [1.29, 1.82) is 0 Å². The summed E-state index contributed by atoms with van der Waals surface area (Å²) in [6.07, 6.45) is 1.86. The van der Waals surface area contributed by atoms with Gasteiger partial charge in [-0.3, -0.25) is 4.79 Å². The van der Waals surface area contributed by atoms with Gasteiger partial charge >= 0.3 is 0 Å². The van der Waals surface area contributed by atoms with Gasteiger partial charge in [-0.15, -0.1) is 12.4 Å². The van der Waals surface area contributed by atoms with Gasteiger partial charge < -0.3 is 4.90 Å². The largest absolute Gasteiger partial charge is 0.309 e. The Morgan fingerprint density at radius 3 is 2.29 bits per heavy atom. The lowest BCUT2D eigenvalue weighted by Gasteiger charge is -2.16. The van der Waals surface area contributed by atoms with Gasteiger partial charge in [0.05, 0.1) is 0 Å². The number of Topliss-reactive ketones (excluding diaryl/α,β-unsaturated/α-hetero) is 1. The molecule has 0 saturated heterocycles. The summed E-state index contributed by atoms with van der Waals surface area (Å²) >= 11 is 0. The molecular weight excluding hydrogens is 234 g/mol. The molecule has 0 aromatic heterocycles. The van der Waals surface area contributed by atoms with Crippen molar-refractivity contribution in [2.45, 2.75) is 19.8 Å². The van der Waals surface area contributed by atoms with Gasteiger partial charge in [-0.25, -0.2) is 0 Å². The van der Waals surface area contributed by atoms with Crippen LogP contribution in [0.25, 0.3) is 0 Å². The van der Waals surface area contributed by atoms with E-state index >= 15 is 0 Å². The first-order valence-corrected chi connectivity index (χ1v) is 5.89. The lowest BCUT2D eigenvalue weighted by molar-refractivity contribution is 0.0904. The van der Waals surface area contributed by atoms with E-state index in [4.69, 9.17) is 0 Å². The van der Waals surface area contributed by atoms with Crippen LogP contribution in [0.1, 0.15) is 30.1 Å². The van der Waals surface area contributed by atoms with Crippen LogP contribution in [-0.4, -0.2) is 31.3 Å². The van der Waals surface area contributed by atoms with E-state index < -0.39 is 0 Å². The van der Waals surface area contributed by atoms with E-state index in [0.29, 0.717) is 0 Å². The van der Waals surface area contributed by atoms with E-state index in [-0.39, 0.29) is 24.1 Å². The Bertz CT molecular complexity index is 324. The molecule has 0 aliphatic carbocycles. The van der Waals surface area contributed by atoms with Gasteiger partial charge in [0.15, 0.2) is 5.78 Å². The monoisotopic (exact) mass is 255 g/mol. The number of benzene rings is 1. The summed E-state index contributed by atoms with van der Waals surface area (Å²) in [6.45, 7) is 3.05. The van der Waals surface area contributed by atoms with Crippen molar-refractivity contribution in [1.82, 2.24) is 4.90 Å². The van der Waals surface area contributed by atoms with Gasteiger partial charge in [0.25, 0.3) is 0 Å². The van der Waals surface area contributed by atoms with Crippen LogP contribution in [0.15, 0.2) is 30.3 Å². The maximum atomic E-state index is 12.2. The molecule has 2 nitrogen and oxygen atoms in total. The molecule has 1 unspecified atom stereocenters. The Morgan fingerprint density at radius 2 is 1.82 bits per heavy atom. The summed E-state index contributed by atoms with van der Waals surface area (Å²) in [5, 5.41) is 0. The molecule has 17 heavy (non-hydrogen) atoms. The topological polar surface area (TPSA) is 20.3 Å². The van der Waals surface area contributed by atoms with Crippen LogP contribution in [-0.2, 0) is 0 Å². The van der Waals surface area contributed by atoms with Crippen LogP contribution in [0.4, 0.5) is 0 Å². The van der Waals surface area contributed by atoms with Crippen molar-refractivity contribution in [2.75, 3.05) is 20.6 Å². The van der Waals surface area contributed by atoms with E-state index in [2.05, 4.69) is 11.8 Å². The van der Waals surface area contributed by atoms with Crippen LogP contribution in [0.5, 0.6) is 0 Å². The SMILES string of the molecule is CCC(CCN(C)C)C(=O)c1ccccc1.Cl. The third-order valence-corrected chi connectivity index (χ3v) is 2.85. The molecule has 0 radical (unpaired) electrons. The second-order valence-electron chi connectivity index (χ2n) is 4.43. The minimum Gasteiger partial charge on any atom is -0.309 e. The fraction of sp³-hybridized carbons (Fsp3) is 0.500. The Hall–Kier alpha value is -0.860. The highest BCUT2D eigenvalue weighted by Crippen LogP contribution is 2.16. The Morgan fingerprint density at radius 1 is 1.24 bits per heavy atom.